The summed E-state index contributed by atoms with van der Waals surface area (Å²) in [4.78, 5) is 21.2. The van der Waals surface area contributed by atoms with Crippen LogP contribution in [0.3, 0.4) is 0 Å². The van der Waals surface area contributed by atoms with Gasteiger partial charge in [-0.15, -0.1) is 0 Å². The van der Waals surface area contributed by atoms with E-state index in [0.717, 1.165) is 36.8 Å². The molecular formula is C17H19ClN4O7S2. The molecule has 11 nitrogen and oxygen atoms in total. The lowest BCUT2D eigenvalue weighted by Gasteiger charge is -2.11. The highest BCUT2D eigenvalue weighted by molar-refractivity contribution is 7.92. The van der Waals surface area contributed by atoms with Gasteiger partial charge in [0, 0.05) is 18.3 Å². The topological polar surface area (TPSA) is 165 Å². The average Bonchev–Trinajstić information content (AvgIpc) is 2.68. The molecule has 0 fully saturated rings. The molecule has 3 N–H and O–H groups in total. The van der Waals surface area contributed by atoms with Gasteiger partial charge in [0.2, 0.25) is 0 Å². The molecule has 31 heavy (non-hydrogen) atoms. The lowest BCUT2D eigenvalue weighted by molar-refractivity contribution is -0.384. The van der Waals surface area contributed by atoms with Crippen molar-refractivity contribution in [2.75, 3.05) is 11.3 Å². The number of carbonyl (C=O) groups is 1. The van der Waals surface area contributed by atoms with Crippen molar-refractivity contribution < 1.29 is 26.6 Å². The van der Waals surface area contributed by atoms with Gasteiger partial charge in [-0.3, -0.25) is 14.8 Å². The van der Waals surface area contributed by atoms with Crippen LogP contribution in [0.15, 0.2) is 52.3 Å². The summed E-state index contributed by atoms with van der Waals surface area (Å²) in [5.41, 5.74) is -0.571. The average molecular weight is 491 g/mol. The van der Waals surface area contributed by atoms with Crippen molar-refractivity contribution in [3.05, 3.63) is 57.6 Å². The summed E-state index contributed by atoms with van der Waals surface area (Å²) in [6.45, 7) is 2.24. The van der Waals surface area contributed by atoms with E-state index in [1.54, 1.807) is 0 Å². The number of anilines is 1. The van der Waals surface area contributed by atoms with E-state index in [-0.39, 0.29) is 15.6 Å². The molecule has 0 aliphatic heterocycles. The van der Waals surface area contributed by atoms with Gasteiger partial charge in [-0.1, -0.05) is 24.9 Å². The van der Waals surface area contributed by atoms with Gasteiger partial charge >= 0.3 is 6.03 Å². The monoisotopic (exact) mass is 490 g/mol. The number of nitrogens with one attached hydrogen (secondary N) is 3. The fourth-order valence-electron chi connectivity index (χ4n) is 2.31. The van der Waals surface area contributed by atoms with Crippen molar-refractivity contribution in [3.8, 4) is 0 Å². The van der Waals surface area contributed by atoms with Gasteiger partial charge in [0.05, 0.1) is 14.7 Å². The molecule has 0 heterocycles. The largest absolute Gasteiger partial charge is 0.337 e. The molecule has 0 unspecified atom stereocenters. The maximum Gasteiger partial charge on any atom is 0.328 e. The molecule has 2 amide bonds. The summed E-state index contributed by atoms with van der Waals surface area (Å²) >= 11 is 5.68. The zero-order valence-corrected chi connectivity index (χ0v) is 18.6. The molecule has 168 valence electrons. The van der Waals surface area contributed by atoms with Crippen molar-refractivity contribution in [3.63, 3.8) is 0 Å². The van der Waals surface area contributed by atoms with Crippen molar-refractivity contribution in [2.24, 2.45) is 0 Å². The molecule has 0 radical (unpaired) electrons. The summed E-state index contributed by atoms with van der Waals surface area (Å²) in [5, 5.41) is 13.1. The summed E-state index contributed by atoms with van der Waals surface area (Å²) in [6, 6.07) is 6.66. The van der Waals surface area contributed by atoms with Gasteiger partial charge in [-0.25, -0.2) is 26.4 Å². The Hall–Kier alpha value is -2.90. The van der Waals surface area contributed by atoms with Crippen LogP contribution in [0.2, 0.25) is 5.02 Å². The molecular weight excluding hydrogens is 472 g/mol. The van der Waals surface area contributed by atoms with Gasteiger partial charge < -0.3 is 5.32 Å². The second-order valence-corrected chi connectivity index (χ2v) is 9.99. The van der Waals surface area contributed by atoms with Crippen LogP contribution >= 0.6 is 11.6 Å². The zero-order chi connectivity index (χ0) is 23.2. The second kappa shape index (κ2) is 9.94. The number of carbonyl (C=O) groups excluding carboxylic acids is 1. The third kappa shape index (κ3) is 6.54. The minimum absolute atomic E-state index is 0.00366. The van der Waals surface area contributed by atoms with E-state index in [9.17, 15) is 31.7 Å². The minimum atomic E-state index is -4.21. The van der Waals surface area contributed by atoms with Crippen LogP contribution < -0.4 is 14.8 Å². The fourth-order valence-corrected chi connectivity index (χ4v) is 4.50. The second-order valence-electron chi connectivity index (χ2n) is 6.22. The third-order valence-electron chi connectivity index (χ3n) is 3.88. The Bertz CT molecular complexity index is 1180. The lowest BCUT2D eigenvalue weighted by Crippen LogP contribution is -2.39. The molecule has 0 atom stereocenters. The van der Waals surface area contributed by atoms with E-state index < -0.39 is 41.6 Å². The number of unbranched alkanes of at least 4 members (excludes halogenated alkanes) is 1. The number of nitrogens with zero attached hydrogens (tertiary/aromatic N) is 1. The highest BCUT2D eigenvalue weighted by Gasteiger charge is 2.22. The van der Waals surface area contributed by atoms with Crippen LogP contribution in [0.25, 0.3) is 0 Å². The lowest BCUT2D eigenvalue weighted by atomic mass is 10.3. The number of nitro benzene ring substituents is 1. The first-order chi connectivity index (χ1) is 14.5. The number of rotatable bonds is 9. The van der Waals surface area contributed by atoms with Crippen LogP contribution in [-0.2, 0) is 20.0 Å². The smallest absolute Gasteiger partial charge is 0.328 e. The first-order valence-corrected chi connectivity index (χ1v) is 12.2. The number of urea groups is 1. The SMILES string of the molecule is CCCCNC(=O)NS(=O)(=O)c1ccc(NS(=O)(=O)c2ccc(Cl)c([N+](=O)[O-])c2)cc1. The number of halogens is 1. The van der Waals surface area contributed by atoms with Crippen LogP contribution in [-0.4, -0.2) is 34.3 Å². The zero-order valence-electron chi connectivity index (χ0n) is 16.2. The molecule has 0 aromatic heterocycles. The summed E-state index contributed by atoms with van der Waals surface area (Å²) < 4.78 is 53.5. The van der Waals surface area contributed by atoms with Gasteiger partial charge in [-0.2, -0.15) is 0 Å². The van der Waals surface area contributed by atoms with Gasteiger partial charge in [0.25, 0.3) is 25.7 Å². The Morgan fingerprint density at radius 1 is 1.03 bits per heavy atom. The molecule has 2 aromatic rings. The summed E-state index contributed by atoms with van der Waals surface area (Å²) in [7, 11) is -8.37. The normalized spacial score (nSPS) is 11.5. The maximum atomic E-state index is 12.5. The van der Waals surface area contributed by atoms with Crippen LogP contribution in [0, 0.1) is 10.1 Å². The van der Waals surface area contributed by atoms with Crippen molar-refractivity contribution >= 4 is 49.1 Å². The van der Waals surface area contributed by atoms with Crippen molar-refractivity contribution in [1.29, 1.82) is 0 Å². The molecule has 14 heteroatoms. The Labute approximate surface area is 184 Å². The summed E-state index contributed by atoms with van der Waals surface area (Å²) in [6.07, 6.45) is 1.52. The molecule has 0 bridgehead atoms. The Balaban J connectivity index is 2.15. The highest BCUT2D eigenvalue weighted by atomic mass is 35.5. The van der Waals surface area contributed by atoms with Crippen LogP contribution in [0.5, 0.6) is 0 Å². The molecule has 0 saturated carbocycles. The fraction of sp³-hybridized carbons (Fsp3) is 0.235. The third-order valence-corrected chi connectivity index (χ3v) is 6.93. The van der Waals surface area contributed by atoms with Crippen LogP contribution in [0.1, 0.15) is 19.8 Å². The molecule has 2 aromatic carbocycles. The van der Waals surface area contributed by atoms with E-state index in [2.05, 4.69) is 10.0 Å². The first kappa shape index (κ1) is 24.4. The van der Waals surface area contributed by atoms with Gasteiger partial charge in [0.1, 0.15) is 5.02 Å². The number of hydrogen-bond acceptors (Lipinski definition) is 7. The number of hydrogen-bond donors (Lipinski definition) is 3. The predicted molar refractivity (Wildman–Crippen MR) is 114 cm³/mol. The van der Waals surface area contributed by atoms with Crippen molar-refractivity contribution in [1.82, 2.24) is 10.0 Å². The van der Waals surface area contributed by atoms with E-state index in [4.69, 9.17) is 11.6 Å². The van der Waals surface area contributed by atoms with E-state index >= 15 is 0 Å². The van der Waals surface area contributed by atoms with E-state index in [1.165, 1.54) is 12.1 Å². The minimum Gasteiger partial charge on any atom is -0.337 e. The van der Waals surface area contributed by atoms with E-state index in [1.807, 2.05) is 11.6 Å². The van der Waals surface area contributed by atoms with E-state index in [0.29, 0.717) is 13.0 Å². The maximum absolute atomic E-state index is 12.5. The predicted octanol–water partition coefficient (Wildman–Crippen LogP) is 2.84. The Morgan fingerprint density at radius 2 is 1.65 bits per heavy atom. The standard InChI is InChI=1S/C17H19ClN4O7S2/c1-2-3-10-19-17(23)21-30(26,27)13-6-4-12(5-7-13)20-31(28,29)14-8-9-15(18)16(11-14)22(24)25/h4-9,11,20H,2-3,10H2,1H3,(H2,19,21,23). The van der Waals surface area contributed by atoms with Gasteiger partial charge in [-0.05, 0) is 42.8 Å². The molecule has 2 rings (SSSR count). The van der Waals surface area contributed by atoms with Crippen LogP contribution in [0.4, 0.5) is 16.2 Å². The number of sulfonamides is 2. The molecule has 0 aliphatic carbocycles. The van der Waals surface area contributed by atoms with Crippen molar-refractivity contribution in [2.45, 2.75) is 29.6 Å². The Kier molecular flexibility index (Phi) is 7.81. The number of amides is 2. The molecule has 0 aliphatic rings. The quantitative estimate of drug-likeness (QED) is 0.276. The molecule has 0 saturated heterocycles. The molecule has 0 spiro atoms. The number of nitro groups is 1. The highest BCUT2D eigenvalue weighted by Crippen LogP contribution is 2.28. The number of benzene rings is 2. The first-order valence-electron chi connectivity index (χ1n) is 8.84. The van der Waals surface area contributed by atoms with Gasteiger partial charge in [0.15, 0.2) is 0 Å². The Morgan fingerprint density at radius 3 is 2.23 bits per heavy atom. The summed E-state index contributed by atoms with van der Waals surface area (Å²) in [5.74, 6) is 0.